The zero-order chi connectivity index (χ0) is 13.9. The molecule has 2 aliphatic rings. The second-order valence-electron chi connectivity index (χ2n) is 5.87. The first-order chi connectivity index (χ1) is 9.74. The minimum Gasteiger partial charge on any atom is -0.337 e. The standard InChI is InChI=1S/C13H22N6O/c1-10-8-18-7-3-4-11(18)9-19(10)13(20)6-2-5-12-14-16-17-15-12/h10-11H,2-9H2,1H3,(H,14,15,16,17). The van der Waals surface area contributed by atoms with Crippen LogP contribution < -0.4 is 0 Å². The second-order valence-corrected chi connectivity index (χ2v) is 5.87. The van der Waals surface area contributed by atoms with E-state index in [-0.39, 0.29) is 5.91 Å². The Morgan fingerprint density at radius 2 is 2.35 bits per heavy atom. The van der Waals surface area contributed by atoms with Gasteiger partial charge in [-0.3, -0.25) is 9.69 Å². The van der Waals surface area contributed by atoms with Gasteiger partial charge in [0.15, 0.2) is 5.82 Å². The normalized spacial score (nSPS) is 26.8. The van der Waals surface area contributed by atoms with Crippen molar-refractivity contribution in [2.75, 3.05) is 19.6 Å². The summed E-state index contributed by atoms with van der Waals surface area (Å²) in [5, 5.41) is 13.8. The van der Waals surface area contributed by atoms with Crippen molar-refractivity contribution in [3.05, 3.63) is 5.82 Å². The molecule has 2 saturated heterocycles. The van der Waals surface area contributed by atoms with Crippen LogP contribution in [0, 0.1) is 0 Å². The van der Waals surface area contributed by atoms with Gasteiger partial charge in [-0.05, 0) is 32.7 Å². The van der Waals surface area contributed by atoms with Crippen LogP contribution in [-0.2, 0) is 11.2 Å². The molecule has 1 aromatic heterocycles. The van der Waals surface area contributed by atoms with Crippen molar-refractivity contribution >= 4 is 5.91 Å². The van der Waals surface area contributed by atoms with Crippen LogP contribution >= 0.6 is 0 Å². The summed E-state index contributed by atoms with van der Waals surface area (Å²) >= 11 is 0. The van der Waals surface area contributed by atoms with Crippen LogP contribution in [0.5, 0.6) is 0 Å². The minimum absolute atomic E-state index is 0.271. The predicted octanol–water partition coefficient (Wildman–Crippen LogP) is 0.218. The van der Waals surface area contributed by atoms with E-state index < -0.39 is 0 Å². The van der Waals surface area contributed by atoms with Crippen LogP contribution in [0.4, 0.5) is 0 Å². The zero-order valence-corrected chi connectivity index (χ0v) is 12.0. The number of carbonyl (C=O) groups is 1. The molecule has 1 amide bonds. The van der Waals surface area contributed by atoms with Gasteiger partial charge in [0.25, 0.3) is 0 Å². The van der Waals surface area contributed by atoms with Crippen molar-refractivity contribution in [1.82, 2.24) is 30.4 Å². The highest BCUT2D eigenvalue weighted by atomic mass is 16.2. The summed E-state index contributed by atoms with van der Waals surface area (Å²) in [6, 6.07) is 0.925. The average Bonchev–Trinajstić information content (AvgIpc) is 3.08. The third-order valence-electron chi connectivity index (χ3n) is 4.44. The third kappa shape index (κ3) is 2.82. The zero-order valence-electron chi connectivity index (χ0n) is 12.0. The first kappa shape index (κ1) is 13.5. The van der Waals surface area contributed by atoms with E-state index in [9.17, 15) is 4.79 Å². The number of nitrogens with zero attached hydrogens (tertiary/aromatic N) is 5. The number of nitrogens with one attached hydrogen (secondary N) is 1. The monoisotopic (exact) mass is 278 g/mol. The van der Waals surface area contributed by atoms with Crippen LogP contribution in [0.1, 0.15) is 38.4 Å². The van der Waals surface area contributed by atoms with Crippen molar-refractivity contribution in [3.8, 4) is 0 Å². The summed E-state index contributed by atoms with van der Waals surface area (Å²) in [6.45, 7) is 5.30. The van der Waals surface area contributed by atoms with E-state index >= 15 is 0 Å². The van der Waals surface area contributed by atoms with E-state index in [0.717, 1.165) is 19.5 Å². The van der Waals surface area contributed by atoms with E-state index in [1.165, 1.54) is 19.4 Å². The maximum absolute atomic E-state index is 12.4. The Hall–Kier alpha value is -1.50. The lowest BCUT2D eigenvalue weighted by molar-refractivity contribution is -0.136. The predicted molar refractivity (Wildman–Crippen MR) is 72.9 cm³/mol. The van der Waals surface area contributed by atoms with E-state index in [2.05, 4.69) is 37.3 Å². The Kier molecular flexibility index (Phi) is 3.95. The van der Waals surface area contributed by atoms with Crippen LogP contribution in [0.2, 0.25) is 0 Å². The van der Waals surface area contributed by atoms with Gasteiger partial charge >= 0.3 is 0 Å². The number of piperazine rings is 1. The minimum atomic E-state index is 0.271. The number of fused-ring (bicyclic) bond motifs is 1. The SMILES string of the molecule is CC1CN2CCCC2CN1C(=O)CCCc1nn[nH]n1. The summed E-state index contributed by atoms with van der Waals surface area (Å²) < 4.78 is 0. The molecular formula is C13H22N6O. The molecule has 2 unspecified atom stereocenters. The second kappa shape index (κ2) is 5.87. The number of aromatic nitrogens is 4. The highest BCUT2D eigenvalue weighted by molar-refractivity contribution is 5.76. The van der Waals surface area contributed by atoms with Gasteiger partial charge in [0.1, 0.15) is 0 Å². The lowest BCUT2D eigenvalue weighted by Crippen LogP contribution is -2.56. The molecule has 20 heavy (non-hydrogen) atoms. The van der Waals surface area contributed by atoms with E-state index in [1.807, 2.05) is 0 Å². The van der Waals surface area contributed by atoms with E-state index in [1.54, 1.807) is 0 Å². The lowest BCUT2D eigenvalue weighted by Gasteiger charge is -2.42. The van der Waals surface area contributed by atoms with Crippen molar-refractivity contribution in [3.63, 3.8) is 0 Å². The van der Waals surface area contributed by atoms with Crippen LogP contribution in [0.3, 0.4) is 0 Å². The smallest absolute Gasteiger partial charge is 0.222 e. The first-order valence-corrected chi connectivity index (χ1v) is 7.50. The number of H-pyrrole nitrogens is 1. The van der Waals surface area contributed by atoms with Crippen molar-refractivity contribution in [1.29, 1.82) is 0 Å². The van der Waals surface area contributed by atoms with Gasteiger partial charge in [0.05, 0.1) is 0 Å². The number of aromatic amines is 1. The summed E-state index contributed by atoms with van der Waals surface area (Å²) in [5.41, 5.74) is 0. The molecule has 0 bridgehead atoms. The molecule has 110 valence electrons. The number of hydrogen-bond acceptors (Lipinski definition) is 5. The fourth-order valence-corrected chi connectivity index (χ4v) is 3.36. The van der Waals surface area contributed by atoms with Gasteiger partial charge < -0.3 is 4.90 Å². The van der Waals surface area contributed by atoms with Crippen molar-refractivity contribution < 1.29 is 4.79 Å². The molecule has 7 nitrogen and oxygen atoms in total. The quantitative estimate of drug-likeness (QED) is 0.852. The fourth-order valence-electron chi connectivity index (χ4n) is 3.36. The van der Waals surface area contributed by atoms with E-state index in [4.69, 9.17) is 0 Å². The van der Waals surface area contributed by atoms with Gasteiger partial charge in [0.2, 0.25) is 5.91 Å². The Bertz CT molecular complexity index is 448. The summed E-state index contributed by atoms with van der Waals surface area (Å²) in [5.74, 6) is 0.957. The molecule has 2 fully saturated rings. The lowest BCUT2D eigenvalue weighted by atomic mass is 10.1. The summed E-state index contributed by atoms with van der Waals surface area (Å²) in [4.78, 5) is 17.0. The molecule has 2 aliphatic heterocycles. The highest BCUT2D eigenvalue weighted by Gasteiger charge is 2.36. The maximum atomic E-state index is 12.4. The molecule has 0 radical (unpaired) electrons. The molecule has 3 heterocycles. The van der Waals surface area contributed by atoms with Crippen LogP contribution in [-0.4, -0.2) is 68.0 Å². The van der Waals surface area contributed by atoms with Crippen LogP contribution in [0.15, 0.2) is 0 Å². The van der Waals surface area contributed by atoms with Gasteiger partial charge in [-0.1, -0.05) is 5.21 Å². The van der Waals surface area contributed by atoms with E-state index in [0.29, 0.717) is 30.7 Å². The number of amides is 1. The molecule has 1 aromatic rings. The molecular weight excluding hydrogens is 256 g/mol. The number of aryl methyl sites for hydroxylation is 1. The first-order valence-electron chi connectivity index (χ1n) is 7.50. The molecule has 1 N–H and O–H groups in total. The molecule has 0 spiro atoms. The number of carbonyl (C=O) groups excluding carboxylic acids is 1. The van der Waals surface area contributed by atoms with Gasteiger partial charge in [0, 0.05) is 38.0 Å². The Morgan fingerprint density at radius 1 is 1.45 bits per heavy atom. The van der Waals surface area contributed by atoms with Crippen LogP contribution in [0.25, 0.3) is 0 Å². The Labute approximate surface area is 118 Å². The highest BCUT2D eigenvalue weighted by Crippen LogP contribution is 2.25. The maximum Gasteiger partial charge on any atom is 0.222 e. The molecule has 2 atom stereocenters. The Balaban J connectivity index is 1.48. The molecule has 7 heteroatoms. The number of hydrogen-bond donors (Lipinski definition) is 1. The average molecular weight is 278 g/mol. The third-order valence-corrected chi connectivity index (χ3v) is 4.44. The summed E-state index contributed by atoms with van der Waals surface area (Å²) in [7, 11) is 0. The molecule has 0 aromatic carbocycles. The van der Waals surface area contributed by atoms with Crippen molar-refractivity contribution in [2.45, 2.75) is 51.1 Å². The topological polar surface area (TPSA) is 78.0 Å². The van der Waals surface area contributed by atoms with Gasteiger partial charge in [-0.15, -0.1) is 10.2 Å². The van der Waals surface area contributed by atoms with Gasteiger partial charge in [-0.2, -0.15) is 5.21 Å². The molecule has 0 aliphatic carbocycles. The fraction of sp³-hybridized carbons (Fsp3) is 0.846. The number of tetrazole rings is 1. The Morgan fingerprint density at radius 3 is 3.15 bits per heavy atom. The van der Waals surface area contributed by atoms with Gasteiger partial charge in [-0.25, -0.2) is 0 Å². The largest absolute Gasteiger partial charge is 0.337 e. The number of rotatable bonds is 4. The van der Waals surface area contributed by atoms with Crippen molar-refractivity contribution in [2.24, 2.45) is 0 Å². The summed E-state index contributed by atoms with van der Waals surface area (Å²) in [6.07, 6.45) is 4.58. The molecule has 3 rings (SSSR count). The molecule has 0 saturated carbocycles.